The van der Waals surface area contributed by atoms with Crippen molar-refractivity contribution in [1.82, 2.24) is 15.0 Å². The van der Waals surface area contributed by atoms with Crippen molar-refractivity contribution in [2.75, 3.05) is 23.7 Å². The Labute approximate surface area is 137 Å². The summed E-state index contributed by atoms with van der Waals surface area (Å²) in [5.41, 5.74) is 9.79. The Morgan fingerprint density at radius 1 is 1.22 bits per heavy atom. The monoisotopic (exact) mass is 309 g/mol. The van der Waals surface area contributed by atoms with Crippen molar-refractivity contribution in [2.24, 2.45) is 5.92 Å². The molecule has 0 bridgehead atoms. The number of aryl methyl sites for hydroxylation is 1. The van der Waals surface area contributed by atoms with Gasteiger partial charge in [0, 0.05) is 31.0 Å². The van der Waals surface area contributed by atoms with E-state index < -0.39 is 0 Å². The van der Waals surface area contributed by atoms with Crippen LogP contribution in [0.3, 0.4) is 0 Å². The van der Waals surface area contributed by atoms with E-state index in [2.05, 4.69) is 25.9 Å². The van der Waals surface area contributed by atoms with Crippen LogP contribution >= 0.6 is 0 Å². The lowest BCUT2D eigenvalue weighted by atomic mass is 9.96. The summed E-state index contributed by atoms with van der Waals surface area (Å²) < 4.78 is 0. The predicted molar refractivity (Wildman–Crippen MR) is 91.3 cm³/mol. The van der Waals surface area contributed by atoms with E-state index in [1.165, 1.54) is 36.1 Å². The van der Waals surface area contributed by atoms with Crippen LogP contribution in [-0.4, -0.2) is 28.0 Å². The molecule has 3 heterocycles. The molecule has 1 saturated heterocycles. The van der Waals surface area contributed by atoms with E-state index in [1.807, 2.05) is 18.5 Å². The molecule has 23 heavy (non-hydrogen) atoms. The smallest absolute Gasteiger partial charge is 0.222 e. The molecule has 0 saturated carbocycles. The number of pyridine rings is 1. The molecule has 1 unspecified atom stereocenters. The van der Waals surface area contributed by atoms with Crippen LogP contribution in [0.5, 0.6) is 0 Å². The third kappa shape index (κ3) is 3.00. The molecule has 0 amide bonds. The molecule has 2 aromatic heterocycles. The zero-order chi connectivity index (χ0) is 15.6. The summed E-state index contributed by atoms with van der Waals surface area (Å²) in [6.07, 6.45) is 10.7. The van der Waals surface area contributed by atoms with Crippen molar-refractivity contribution in [3.63, 3.8) is 0 Å². The van der Waals surface area contributed by atoms with E-state index in [9.17, 15) is 0 Å². The second-order valence-electron chi connectivity index (χ2n) is 6.70. The zero-order valence-electron chi connectivity index (χ0n) is 13.4. The third-order valence-corrected chi connectivity index (χ3v) is 5.01. The number of fused-ring (bicyclic) bond motifs is 1. The summed E-state index contributed by atoms with van der Waals surface area (Å²) in [5, 5.41) is 0. The van der Waals surface area contributed by atoms with Gasteiger partial charge in [-0.15, -0.1) is 0 Å². The predicted octanol–water partition coefficient (Wildman–Crippen LogP) is 2.40. The molecule has 1 aliphatic carbocycles. The van der Waals surface area contributed by atoms with Crippen LogP contribution in [0.4, 0.5) is 11.8 Å². The lowest BCUT2D eigenvalue weighted by Gasteiger charge is -2.25. The average Bonchev–Trinajstić information content (AvgIpc) is 3.03. The minimum absolute atomic E-state index is 0.427. The Morgan fingerprint density at radius 2 is 2.13 bits per heavy atom. The van der Waals surface area contributed by atoms with Gasteiger partial charge in [-0.3, -0.25) is 4.98 Å². The van der Waals surface area contributed by atoms with Crippen LogP contribution in [-0.2, 0) is 19.3 Å². The Bertz CT molecular complexity index is 685. The van der Waals surface area contributed by atoms with Crippen LogP contribution < -0.4 is 10.6 Å². The van der Waals surface area contributed by atoms with E-state index in [-0.39, 0.29) is 0 Å². The molecule has 5 heteroatoms. The molecule has 4 rings (SSSR count). The maximum absolute atomic E-state index is 5.95. The van der Waals surface area contributed by atoms with Gasteiger partial charge in [-0.25, -0.2) is 4.98 Å². The normalized spacial score (nSPS) is 20.5. The Balaban J connectivity index is 1.53. The molecule has 2 aromatic rings. The van der Waals surface area contributed by atoms with E-state index in [0.717, 1.165) is 38.2 Å². The van der Waals surface area contributed by atoms with Gasteiger partial charge in [0.15, 0.2) is 0 Å². The van der Waals surface area contributed by atoms with Gasteiger partial charge in [0.1, 0.15) is 5.82 Å². The molecule has 2 N–H and O–H groups in total. The van der Waals surface area contributed by atoms with Gasteiger partial charge in [0.2, 0.25) is 5.95 Å². The first kappa shape index (κ1) is 14.4. The highest BCUT2D eigenvalue weighted by Crippen LogP contribution is 2.32. The summed E-state index contributed by atoms with van der Waals surface area (Å²) in [7, 11) is 0. The summed E-state index contributed by atoms with van der Waals surface area (Å²) in [6.45, 7) is 2.12. The number of anilines is 2. The van der Waals surface area contributed by atoms with E-state index in [4.69, 9.17) is 5.73 Å². The molecule has 0 aromatic carbocycles. The molecule has 0 spiro atoms. The van der Waals surface area contributed by atoms with Crippen molar-refractivity contribution in [1.29, 1.82) is 0 Å². The minimum atomic E-state index is 0.427. The van der Waals surface area contributed by atoms with Crippen molar-refractivity contribution >= 4 is 11.8 Å². The first-order chi connectivity index (χ1) is 11.3. The first-order valence-corrected chi connectivity index (χ1v) is 8.58. The van der Waals surface area contributed by atoms with Crippen LogP contribution in [0, 0.1) is 5.92 Å². The highest BCUT2D eigenvalue weighted by Gasteiger charge is 2.28. The van der Waals surface area contributed by atoms with Crippen LogP contribution in [0.2, 0.25) is 0 Å². The second kappa shape index (κ2) is 6.14. The quantitative estimate of drug-likeness (QED) is 0.943. The van der Waals surface area contributed by atoms with Gasteiger partial charge in [-0.05, 0) is 56.1 Å². The Kier molecular flexibility index (Phi) is 3.85. The first-order valence-electron chi connectivity index (χ1n) is 8.58. The average molecular weight is 309 g/mol. The molecule has 5 nitrogen and oxygen atoms in total. The number of hydrogen-bond donors (Lipinski definition) is 1. The largest absolute Gasteiger partial charge is 0.368 e. The highest BCUT2D eigenvalue weighted by atomic mass is 15.2. The fourth-order valence-corrected chi connectivity index (χ4v) is 3.90. The van der Waals surface area contributed by atoms with Crippen molar-refractivity contribution in [3.05, 3.63) is 41.3 Å². The second-order valence-corrected chi connectivity index (χ2v) is 6.70. The summed E-state index contributed by atoms with van der Waals surface area (Å²) in [6, 6.07) is 4.18. The number of rotatable bonds is 3. The molecule has 120 valence electrons. The summed E-state index contributed by atoms with van der Waals surface area (Å²) in [5.74, 6) is 2.19. The topological polar surface area (TPSA) is 67.9 Å². The third-order valence-electron chi connectivity index (χ3n) is 5.01. The van der Waals surface area contributed by atoms with E-state index in [1.54, 1.807) is 0 Å². The molecule has 2 aliphatic rings. The van der Waals surface area contributed by atoms with Gasteiger partial charge >= 0.3 is 0 Å². The fraction of sp³-hybridized carbons (Fsp3) is 0.500. The lowest BCUT2D eigenvalue weighted by Crippen LogP contribution is -2.25. The maximum Gasteiger partial charge on any atom is 0.222 e. The Morgan fingerprint density at radius 3 is 3.00 bits per heavy atom. The molecular formula is C18H23N5. The Hall–Kier alpha value is -2.17. The molecule has 1 aliphatic heterocycles. The van der Waals surface area contributed by atoms with Crippen molar-refractivity contribution in [2.45, 2.75) is 38.5 Å². The summed E-state index contributed by atoms with van der Waals surface area (Å²) in [4.78, 5) is 15.7. The fourth-order valence-electron chi connectivity index (χ4n) is 3.90. The van der Waals surface area contributed by atoms with E-state index in [0.29, 0.717) is 11.9 Å². The number of aromatic nitrogens is 3. The van der Waals surface area contributed by atoms with Gasteiger partial charge in [-0.1, -0.05) is 6.07 Å². The van der Waals surface area contributed by atoms with Crippen LogP contribution in [0.25, 0.3) is 0 Å². The number of nitrogens with zero attached hydrogens (tertiary/aromatic N) is 4. The number of nitrogens with two attached hydrogens (primary N) is 1. The number of nitrogen functional groups attached to an aromatic ring is 1. The SMILES string of the molecule is Nc1nc2c(c(N3CCC(Cc4cccnc4)C3)n1)CCCC2. The molecule has 1 atom stereocenters. The maximum atomic E-state index is 5.95. The highest BCUT2D eigenvalue weighted by molar-refractivity contribution is 5.53. The lowest BCUT2D eigenvalue weighted by molar-refractivity contribution is 0.584. The summed E-state index contributed by atoms with van der Waals surface area (Å²) >= 11 is 0. The van der Waals surface area contributed by atoms with Crippen LogP contribution in [0.15, 0.2) is 24.5 Å². The van der Waals surface area contributed by atoms with Gasteiger partial charge in [0.05, 0.1) is 5.69 Å². The number of hydrogen-bond acceptors (Lipinski definition) is 5. The zero-order valence-corrected chi connectivity index (χ0v) is 13.4. The molecule has 1 fully saturated rings. The molecule has 0 radical (unpaired) electrons. The van der Waals surface area contributed by atoms with Gasteiger partial charge < -0.3 is 10.6 Å². The van der Waals surface area contributed by atoms with E-state index >= 15 is 0 Å². The van der Waals surface area contributed by atoms with Gasteiger partial charge in [-0.2, -0.15) is 4.98 Å². The van der Waals surface area contributed by atoms with Crippen molar-refractivity contribution < 1.29 is 0 Å². The van der Waals surface area contributed by atoms with Gasteiger partial charge in [0.25, 0.3) is 0 Å². The molecular weight excluding hydrogens is 286 g/mol. The van der Waals surface area contributed by atoms with Crippen LogP contribution in [0.1, 0.15) is 36.1 Å². The minimum Gasteiger partial charge on any atom is -0.368 e. The standard InChI is InChI=1S/C18H23N5/c19-18-21-16-6-2-1-5-15(16)17(22-18)23-9-7-14(12-23)10-13-4-3-8-20-11-13/h3-4,8,11,14H,1-2,5-7,9-10,12H2,(H2,19,21,22). The van der Waals surface area contributed by atoms with Crippen molar-refractivity contribution in [3.8, 4) is 0 Å².